The maximum Gasteiger partial charge on any atom is 0.318 e. The van der Waals surface area contributed by atoms with Crippen molar-refractivity contribution in [1.82, 2.24) is 5.32 Å². The molecule has 0 radical (unpaired) electrons. The number of nitrogens with one attached hydrogen (secondary N) is 1. The van der Waals surface area contributed by atoms with Crippen molar-refractivity contribution in [2.45, 2.75) is 13.8 Å². The van der Waals surface area contributed by atoms with Gasteiger partial charge in [0.15, 0.2) is 0 Å². The third-order valence-corrected chi connectivity index (χ3v) is 2.55. The number of imide groups is 1. The summed E-state index contributed by atoms with van der Waals surface area (Å²) in [6.45, 7) is 5.69. The second-order valence-corrected chi connectivity index (χ2v) is 3.20. The summed E-state index contributed by atoms with van der Waals surface area (Å²) in [7, 11) is 0. The van der Waals surface area contributed by atoms with E-state index in [-0.39, 0.29) is 16.3 Å². The second-order valence-electron chi connectivity index (χ2n) is 3.20. The lowest BCUT2D eigenvalue weighted by Gasteiger charge is -2.34. The molecule has 0 aromatic rings. The summed E-state index contributed by atoms with van der Waals surface area (Å²) in [4.78, 5) is 22.6. The summed E-state index contributed by atoms with van der Waals surface area (Å²) in [6.07, 6.45) is 0. The predicted molar refractivity (Wildman–Crippen MR) is 44.2 cm³/mol. The molecule has 2 amide bonds. The van der Waals surface area contributed by atoms with Gasteiger partial charge < -0.3 is 5.32 Å². The van der Waals surface area contributed by atoms with Crippen LogP contribution in [0.15, 0.2) is 0 Å². The van der Waals surface area contributed by atoms with Gasteiger partial charge >= 0.3 is 11.8 Å². The van der Waals surface area contributed by atoms with Crippen molar-refractivity contribution >= 4 is 11.8 Å². The van der Waals surface area contributed by atoms with Crippen LogP contribution in [0, 0.1) is 0 Å². The number of quaternary nitrogens is 1. The van der Waals surface area contributed by atoms with Crippen LogP contribution in [0.25, 0.3) is 0 Å². The maximum absolute atomic E-state index is 11.3. The normalized spacial score (nSPS) is 21.8. The van der Waals surface area contributed by atoms with E-state index < -0.39 is 0 Å². The molecule has 4 heteroatoms. The van der Waals surface area contributed by atoms with Crippen molar-refractivity contribution in [3.8, 4) is 0 Å². The molecule has 1 fully saturated rings. The number of rotatable bonds is 0. The Morgan fingerprint density at radius 3 is 1.75 bits per heavy atom. The highest BCUT2D eigenvalue weighted by molar-refractivity contribution is 5.82. The average molecular weight is 171 g/mol. The van der Waals surface area contributed by atoms with Crippen LogP contribution >= 0.6 is 0 Å². The van der Waals surface area contributed by atoms with Crippen LogP contribution in [-0.2, 0) is 9.59 Å². The van der Waals surface area contributed by atoms with Gasteiger partial charge in [0.1, 0.15) is 13.1 Å². The third-order valence-electron chi connectivity index (χ3n) is 2.55. The molecule has 1 heterocycles. The molecule has 0 spiro atoms. The van der Waals surface area contributed by atoms with Gasteiger partial charge in [-0.1, -0.05) is 0 Å². The minimum atomic E-state index is -0.0380. The maximum atomic E-state index is 11.3. The van der Waals surface area contributed by atoms with Crippen molar-refractivity contribution in [2.75, 3.05) is 26.2 Å². The largest absolute Gasteiger partial charge is 0.318 e. The van der Waals surface area contributed by atoms with Gasteiger partial charge in [-0.15, -0.1) is 0 Å². The Balaban J connectivity index is 2.84. The minimum absolute atomic E-state index is 0.0208. The van der Waals surface area contributed by atoms with Gasteiger partial charge in [-0.3, -0.25) is 0 Å². The zero-order valence-electron chi connectivity index (χ0n) is 7.59. The van der Waals surface area contributed by atoms with Crippen LogP contribution in [0.1, 0.15) is 13.8 Å². The minimum Gasteiger partial charge on any atom is -0.306 e. The Labute approximate surface area is 72.1 Å². The first-order valence-corrected chi connectivity index (χ1v) is 4.20. The number of nitrogens with zero attached hydrogens (tertiary/aromatic N) is 1. The first-order valence-electron chi connectivity index (χ1n) is 4.20. The molecule has 1 aliphatic rings. The SMILES string of the molecule is CC(=O)[N+]1(C(C)=O)CCNCC1. The molecule has 0 saturated carbocycles. The highest BCUT2D eigenvalue weighted by Gasteiger charge is 2.39. The lowest BCUT2D eigenvalue weighted by molar-refractivity contribution is -0.780. The number of piperazine rings is 1. The molecule has 4 nitrogen and oxygen atoms in total. The van der Waals surface area contributed by atoms with Crippen LogP contribution < -0.4 is 5.32 Å². The van der Waals surface area contributed by atoms with Crippen molar-refractivity contribution in [3.05, 3.63) is 0 Å². The van der Waals surface area contributed by atoms with Crippen LogP contribution in [0.3, 0.4) is 0 Å². The highest BCUT2D eigenvalue weighted by Crippen LogP contribution is 2.10. The van der Waals surface area contributed by atoms with Crippen LogP contribution in [-0.4, -0.2) is 42.5 Å². The van der Waals surface area contributed by atoms with Crippen molar-refractivity contribution in [1.29, 1.82) is 0 Å². The monoisotopic (exact) mass is 171 g/mol. The molecule has 12 heavy (non-hydrogen) atoms. The van der Waals surface area contributed by atoms with E-state index in [2.05, 4.69) is 5.32 Å². The fourth-order valence-corrected chi connectivity index (χ4v) is 1.63. The van der Waals surface area contributed by atoms with E-state index in [4.69, 9.17) is 0 Å². The van der Waals surface area contributed by atoms with Crippen LogP contribution in [0.5, 0.6) is 0 Å². The molecule has 0 bridgehead atoms. The summed E-state index contributed by atoms with van der Waals surface area (Å²) < 4.78 is 0.0208. The quantitative estimate of drug-likeness (QED) is 0.500. The molecule has 0 aromatic carbocycles. The van der Waals surface area contributed by atoms with E-state index in [9.17, 15) is 9.59 Å². The predicted octanol–water partition coefficient (Wildman–Crippen LogP) is -0.501. The molecular weight excluding hydrogens is 156 g/mol. The number of carbonyl (C=O) groups excluding carboxylic acids is 2. The second kappa shape index (κ2) is 3.33. The van der Waals surface area contributed by atoms with E-state index in [1.54, 1.807) is 0 Å². The van der Waals surface area contributed by atoms with E-state index >= 15 is 0 Å². The molecule has 1 saturated heterocycles. The fourth-order valence-electron chi connectivity index (χ4n) is 1.63. The summed E-state index contributed by atoms with van der Waals surface area (Å²) in [6, 6.07) is 0. The van der Waals surface area contributed by atoms with Crippen LogP contribution in [0.2, 0.25) is 0 Å². The van der Waals surface area contributed by atoms with Gasteiger partial charge in [-0.25, -0.2) is 9.59 Å². The molecule has 0 aromatic heterocycles. The van der Waals surface area contributed by atoms with Crippen molar-refractivity contribution in [2.24, 2.45) is 0 Å². The van der Waals surface area contributed by atoms with E-state index in [1.165, 1.54) is 13.8 Å². The van der Waals surface area contributed by atoms with Gasteiger partial charge in [-0.2, -0.15) is 4.48 Å². The van der Waals surface area contributed by atoms with Gasteiger partial charge in [-0.05, 0) is 0 Å². The molecule has 1 rings (SSSR count). The lowest BCUT2D eigenvalue weighted by Crippen LogP contribution is -2.63. The third kappa shape index (κ3) is 1.40. The van der Waals surface area contributed by atoms with Gasteiger partial charge in [0.25, 0.3) is 0 Å². The van der Waals surface area contributed by atoms with E-state index in [0.29, 0.717) is 13.1 Å². The van der Waals surface area contributed by atoms with Gasteiger partial charge in [0.05, 0.1) is 13.8 Å². The Bertz CT molecular complexity index is 191. The Hall–Kier alpha value is -0.740. The summed E-state index contributed by atoms with van der Waals surface area (Å²) in [5, 5.41) is 3.13. The molecule has 1 N–H and O–H groups in total. The fraction of sp³-hybridized carbons (Fsp3) is 0.750. The zero-order chi connectivity index (χ0) is 9.19. The number of carbonyl (C=O) groups is 2. The number of hydrogen-bond acceptors (Lipinski definition) is 3. The average Bonchev–Trinajstić information content (AvgIpc) is 2.05. The molecule has 68 valence electrons. The Kier molecular flexibility index (Phi) is 2.59. The smallest absolute Gasteiger partial charge is 0.306 e. The molecule has 0 unspecified atom stereocenters. The summed E-state index contributed by atoms with van der Waals surface area (Å²) >= 11 is 0. The molecular formula is C8H15N2O2+. The molecule has 0 atom stereocenters. The topological polar surface area (TPSA) is 46.2 Å². The van der Waals surface area contributed by atoms with Crippen molar-refractivity contribution in [3.63, 3.8) is 0 Å². The number of hydrogen-bond donors (Lipinski definition) is 1. The first kappa shape index (κ1) is 9.35. The highest BCUT2D eigenvalue weighted by atomic mass is 16.2. The van der Waals surface area contributed by atoms with Gasteiger partial charge in [0.2, 0.25) is 0 Å². The zero-order valence-corrected chi connectivity index (χ0v) is 7.59. The summed E-state index contributed by atoms with van der Waals surface area (Å²) in [5.74, 6) is -0.0759. The van der Waals surface area contributed by atoms with Gasteiger partial charge in [0, 0.05) is 13.1 Å². The first-order chi connectivity index (χ1) is 5.59. The van der Waals surface area contributed by atoms with Crippen LogP contribution in [0.4, 0.5) is 0 Å². The Morgan fingerprint density at radius 2 is 1.50 bits per heavy atom. The standard InChI is InChI=1S/C8H15N2O2/c1-7(11)10(8(2)12)5-3-9-4-6-10/h9H,3-6H2,1-2H3/q+1. The van der Waals surface area contributed by atoms with E-state index in [0.717, 1.165) is 13.1 Å². The Morgan fingerprint density at radius 1 is 1.08 bits per heavy atom. The van der Waals surface area contributed by atoms with Crippen molar-refractivity contribution < 1.29 is 14.1 Å². The molecule has 0 aliphatic carbocycles. The molecule has 1 aliphatic heterocycles. The van der Waals surface area contributed by atoms with E-state index in [1.807, 2.05) is 0 Å². The lowest BCUT2D eigenvalue weighted by atomic mass is 10.2. The summed E-state index contributed by atoms with van der Waals surface area (Å²) in [5.41, 5.74) is 0. The number of amides is 2.